The molecule has 18 heavy (non-hydrogen) atoms. The minimum absolute atomic E-state index is 0.0380. The fraction of sp³-hybridized carbons (Fsp3) is 0.364. The van der Waals surface area contributed by atoms with Crippen molar-refractivity contribution in [1.82, 2.24) is 9.97 Å². The predicted molar refractivity (Wildman–Crippen MR) is 65.9 cm³/mol. The van der Waals surface area contributed by atoms with E-state index in [1.165, 1.54) is 0 Å². The highest BCUT2D eigenvalue weighted by Gasteiger charge is 2.28. The summed E-state index contributed by atoms with van der Waals surface area (Å²) in [5.74, 6) is 0. The van der Waals surface area contributed by atoms with Crippen LogP contribution in [0.25, 0.3) is 11.0 Å². The van der Waals surface area contributed by atoms with Crippen LogP contribution in [-0.2, 0) is 0 Å². The molecule has 7 heteroatoms. The molecule has 0 saturated heterocycles. The molecule has 0 bridgehead atoms. The zero-order valence-corrected chi connectivity index (χ0v) is 10.7. The van der Waals surface area contributed by atoms with Gasteiger partial charge in [-0.1, -0.05) is 22.0 Å². The maximum Gasteiger partial charge on any atom is 0.389 e. The molecule has 2 aromatic rings. The van der Waals surface area contributed by atoms with Gasteiger partial charge in [0.05, 0.1) is 11.0 Å². The Morgan fingerprint density at radius 1 is 1.22 bits per heavy atom. The third kappa shape index (κ3) is 3.16. The number of aromatic amines is 2. The van der Waals surface area contributed by atoms with Gasteiger partial charge in [0.15, 0.2) is 0 Å². The van der Waals surface area contributed by atoms with E-state index in [0.29, 0.717) is 16.6 Å². The van der Waals surface area contributed by atoms with Gasteiger partial charge >= 0.3 is 11.9 Å². The number of aromatic nitrogens is 2. The quantitative estimate of drug-likeness (QED) is 0.833. The van der Waals surface area contributed by atoms with Crippen molar-refractivity contribution in [2.45, 2.75) is 23.8 Å². The van der Waals surface area contributed by atoms with Gasteiger partial charge < -0.3 is 9.97 Å². The van der Waals surface area contributed by atoms with E-state index in [4.69, 9.17) is 0 Å². The maximum atomic E-state index is 12.1. The van der Waals surface area contributed by atoms with E-state index in [0.717, 1.165) is 0 Å². The molecule has 0 aliphatic heterocycles. The number of nitrogens with one attached hydrogen (secondary N) is 2. The molecule has 0 saturated carbocycles. The summed E-state index contributed by atoms with van der Waals surface area (Å²) in [7, 11) is 0. The van der Waals surface area contributed by atoms with Gasteiger partial charge in [0.2, 0.25) is 0 Å². The van der Waals surface area contributed by atoms with E-state index in [-0.39, 0.29) is 16.9 Å². The van der Waals surface area contributed by atoms with Crippen LogP contribution in [0.1, 0.15) is 23.2 Å². The third-order valence-corrected chi connectivity index (χ3v) is 3.57. The highest BCUT2D eigenvalue weighted by molar-refractivity contribution is 9.09. The van der Waals surface area contributed by atoms with Crippen LogP contribution in [0.15, 0.2) is 23.0 Å². The number of hydrogen-bond donors (Lipinski definition) is 2. The van der Waals surface area contributed by atoms with Gasteiger partial charge in [0.25, 0.3) is 0 Å². The minimum Gasteiger partial charge on any atom is -0.306 e. The Labute approximate surface area is 109 Å². The van der Waals surface area contributed by atoms with Crippen LogP contribution in [-0.4, -0.2) is 16.1 Å². The summed E-state index contributed by atoms with van der Waals surface area (Å²) >= 11 is 3.23. The molecule has 0 spiro atoms. The van der Waals surface area contributed by atoms with Crippen molar-refractivity contribution in [3.05, 3.63) is 34.2 Å². The van der Waals surface area contributed by atoms with Gasteiger partial charge in [-0.15, -0.1) is 0 Å². The monoisotopic (exact) mass is 322 g/mol. The van der Waals surface area contributed by atoms with E-state index in [1.807, 2.05) is 0 Å². The Morgan fingerprint density at radius 3 is 2.56 bits per heavy atom. The van der Waals surface area contributed by atoms with Crippen LogP contribution in [0.3, 0.4) is 0 Å². The normalized spacial score (nSPS) is 14.0. The number of alkyl halides is 4. The van der Waals surface area contributed by atoms with Crippen molar-refractivity contribution < 1.29 is 13.2 Å². The Kier molecular flexibility index (Phi) is 3.52. The molecule has 0 aliphatic rings. The number of rotatable bonds is 3. The van der Waals surface area contributed by atoms with Gasteiger partial charge in [-0.05, 0) is 24.1 Å². The molecule has 3 nitrogen and oxygen atoms in total. The highest BCUT2D eigenvalue weighted by Crippen LogP contribution is 2.33. The second-order valence-corrected chi connectivity index (χ2v) is 5.11. The lowest BCUT2D eigenvalue weighted by Gasteiger charge is -2.12. The Bertz CT molecular complexity index is 602. The number of imidazole rings is 1. The topological polar surface area (TPSA) is 48.6 Å². The number of hydrogen-bond acceptors (Lipinski definition) is 1. The van der Waals surface area contributed by atoms with Gasteiger partial charge in [0.1, 0.15) is 0 Å². The molecule has 1 heterocycles. The molecule has 2 N–H and O–H groups in total. The molecular weight excluding hydrogens is 313 g/mol. The second kappa shape index (κ2) is 4.79. The first-order chi connectivity index (χ1) is 8.35. The SMILES string of the molecule is O=c1[nH]c2ccc(C(Br)CCC(F)(F)F)cc2[nH]1. The second-order valence-electron chi connectivity index (χ2n) is 4.01. The molecule has 98 valence electrons. The average Bonchev–Trinajstić information content (AvgIpc) is 2.63. The van der Waals surface area contributed by atoms with Crippen LogP contribution < -0.4 is 5.69 Å². The molecule has 0 aliphatic carbocycles. The lowest BCUT2D eigenvalue weighted by atomic mass is 10.1. The van der Waals surface area contributed by atoms with Crippen LogP contribution in [0.4, 0.5) is 13.2 Å². The molecule has 1 aromatic heterocycles. The third-order valence-electron chi connectivity index (χ3n) is 2.58. The van der Waals surface area contributed by atoms with Gasteiger partial charge in [0, 0.05) is 11.2 Å². The van der Waals surface area contributed by atoms with Crippen molar-refractivity contribution in [2.24, 2.45) is 0 Å². The van der Waals surface area contributed by atoms with Crippen LogP contribution >= 0.6 is 15.9 Å². The standard InChI is InChI=1S/C11H10BrF3N2O/c12-7(3-4-11(13,14)15)6-1-2-8-9(5-6)17-10(18)16-8/h1-2,5,7H,3-4H2,(H2,16,17,18). The smallest absolute Gasteiger partial charge is 0.306 e. The first-order valence-electron chi connectivity index (χ1n) is 5.28. The number of benzene rings is 1. The lowest BCUT2D eigenvalue weighted by molar-refractivity contribution is -0.135. The first kappa shape index (κ1) is 13.2. The van der Waals surface area contributed by atoms with Crippen molar-refractivity contribution in [3.8, 4) is 0 Å². The Balaban J connectivity index is 2.17. The molecular formula is C11H10BrF3N2O. The van der Waals surface area contributed by atoms with E-state index in [9.17, 15) is 18.0 Å². The van der Waals surface area contributed by atoms with Crippen molar-refractivity contribution in [2.75, 3.05) is 0 Å². The zero-order chi connectivity index (χ0) is 13.3. The maximum absolute atomic E-state index is 12.1. The largest absolute Gasteiger partial charge is 0.389 e. The summed E-state index contributed by atoms with van der Waals surface area (Å²) in [6.07, 6.45) is -5.03. The summed E-state index contributed by atoms with van der Waals surface area (Å²) in [6, 6.07) is 5.04. The molecule has 1 atom stereocenters. The summed E-state index contributed by atoms with van der Waals surface area (Å²) in [4.78, 5) is 15.8. The minimum atomic E-state index is -4.15. The van der Waals surface area contributed by atoms with Crippen molar-refractivity contribution in [3.63, 3.8) is 0 Å². The fourth-order valence-electron chi connectivity index (χ4n) is 1.70. The van der Waals surface area contributed by atoms with Gasteiger partial charge in [-0.2, -0.15) is 13.2 Å². The molecule has 0 amide bonds. The fourth-order valence-corrected chi connectivity index (χ4v) is 2.22. The number of H-pyrrole nitrogens is 2. The van der Waals surface area contributed by atoms with Crippen molar-refractivity contribution >= 4 is 27.0 Å². The van der Waals surface area contributed by atoms with E-state index in [1.54, 1.807) is 18.2 Å². The first-order valence-corrected chi connectivity index (χ1v) is 6.19. The molecule has 1 unspecified atom stereocenters. The summed E-state index contributed by atoms with van der Waals surface area (Å²) in [5, 5.41) is 0. The molecule has 0 radical (unpaired) electrons. The summed E-state index contributed by atoms with van der Waals surface area (Å²) < 4.78 is 36.3. The van der Waals surface area contributed by atoms with Gasteiger partial charge in [-0.3, -0.25) is 0 Å². The van der Waals surface area contributed by atoms with Gasteiger partial charge in [-0.25, -0.2) is 4.79 Å². The Morgan fingerprint density at radius 2 is 1.89 bits per heavy atom. The van der Waals surface area contributed by atoms with E-state index in [2.05, 4.69) is 25.9 Å². The zero-order valence-electron chi connectivity index (χ0n) is 9.14. The number of fused-ring (bicyclic) bond motifs is 1. The summed E-state index contributed by atoms with van der Waals surface area (Å²) in [5.41, 5.74) is 1.61. The van der Waals surface area contributed by atoms with Crippen LogP contribution in [0.5, 0.6) is 0 Å². The lowest BCUT2D eigenvalue weighted by Crippen LogP contribution is -2.08. The molecule has 0 fully saturated rings. The van der Waals surface area contributed by atoms with Crippen LogP contribution in [0.2, 0.25) is 0 Å². The molecule has 1 aromatic carbocycles. The van der Waals surface area contributed by atoms with E-state index >= 15 is 0 Å². The van der Waals surface area contributed by atoms with Crippen LogP contribution in [0, 0.1) is 0 Å². The average molecular weight is 323 g/mol. The molecule has 2 rings (SSSR count). The highest BCUT2D eigenvalue weighted by atomic mass is 79.9. The Hall–Kier alpha value is -1.24. The number of halogens is 4. The summed E-state index contributed by atoms with van der Waals surface area (Å²) in [6.45, 7) is 0. The predicted octanol–water partition coefficient (Wildman–Crippen LogP) is 3.63. The van der Waals surface area contributed by atoms with E-state index < -0.39 is 12.6 Å². The van der Waals surface area contributed by atoms with Crippen molar-refractivity contribution in [1.29, 1.82) is 0 Å².